The van der Waals surface area contributed by atoms with E-state index in [2.05, 4.69) is 4.98 Å². The molecule has 0 radical (unpaired) electrons. The van der Waals surface area contributed by atoms with E-state index in [0.717, 1.165) is 0 Å². The monoisotopic (exact) mass is 297 g/mol. The summed E-state index contributed by atoms with van der Waals surface area (Å²) in [7, 11) is -0.557. The van der Waals surface area contributed by atoms with Gasteiger partial charge in [0.2, 0.25) is 0 Å². The van der Waals surface area contributed by atoms with Crippen molar-refractivity contribution in [2.45, 2.75) is 58.3 Å². The predicted molar refractivity (Wildman–Crippen MR) is 80.2 cm³/mol. The third kappa shape index (κ3) is 2.73. The molecule has 0 saturated carbocycles. The third-order valence-electron chi connectivity index (χ3n) is 4.03. The van der Waals surface area contributed by atoms with Gasteiger partial charge in [0.1, 0.15) is 0 Å². The SMILES string of the molecule is CC(C)(O)c1cc(B2OC(C)(C)C(C)(C)O2)ncc1Cl. The van der Waals surface area contributed by atoms with Crippen molar-refractivity contribution >= 4 is 24.3 Å². The highest BCUT2D eigenvalue weighted by Gasteiger charge is 2.52. The zero-order chi connectivity index (χ0) is 15.3. The van der Waals surface area contributed by atoms with Crippen molar-refractivity contribution in [3.8, 4) is 0 Å². The molecule has 4 nitrogen and oxygen atoms in total. The highest BCUT2D eigenvalue weighted by atomic mass is 35.5. The second kappa shape index (κ2) is 4.70. The van der Waals surface area contributed by atoms with Crippen LogP contribution < -0.4 is 5.59 Å². The van der Waals surface area contributed by atoms with Crippen molar-refractivity contribution < 1.29 is 14.4 Å². The van der Waals surface area contributed by atoms with Gasteiger partial charge in [0.05, 0.1) is 27.4 Å². The van der Waals surface area contributed by atoms with E-state index in [-0.39, 0.29) is 0 Å². The van der Waals surface area contributed by atoms with Gasteiger partial charge in [-0.05, 0) is 47.6 Å². The first-order chi connectivity index (χ1) is 8.94. The summed E-state index contributed by atoms with van der Waals surface area (Å²) < 4.78 is 11.9. The first kappa shape index (κ1) is 15.8. The first-order valence-corrected chi connectivity index (χ1v) is 7.06. The lowest BCUT2D eigenvalue weighted by molar-refractivity contribution is 0.00578. The molecule has 1 aliphatic heterocycles. The van der Waals surface area contributed by atoms with E-state index in [0.29, 0.717) is 16.2 Å². The van der Waals surface area contributed by atoms with Gasteiger partial charge < -0.3 is 14.4 Å². The Morgan fingerprint density at radius 1 is 1.20 bits per heavy atom. The van der Waals surface area contributed by atoms with Crippen molar-refractivity contribution in [2.75, 3.05) is 0 Å². The molecule has 0 atom stereocenters. The number of pyridine rings is 1. The molecule has 2 rings (SSSR count). The van der Waals surface area contributed by atoms with Crippen molar-refractivity contribution in [3.05, 3.63) is 22.8 Å². The second-order valence-corrected chi connectivity index (χ2v) is 7.14. The van der Waals surface area contributed by atoms with E-state index in [4.69, 9.17) is 20.9 Å². The highest BCUT2D eigenvalue weighted by Crippen LogP contribution is 2.36. The normalized spacial score (nSPS) is 21.3. The van der Waals surface area contributed by atoms with Crippen LogP contribution in [0.3, 0.4) is 0 Å². The van der Waals surface area contributed by atoms with Crippen LogP contribution in [0.4, 0.5) is 0 Å². The smallest absolute Gasteiger partial charge is 0.398 e. The fourth-order valence-electron chi connectivity index (χ4n) is 2.02. The molecule has 1 saturated heterocycles. The van der Waals surface area contributed by atoms with Gasteiger partial charge >= 0.3 is 7.12 Å². The molecule has 0 bridgehead atoms. The Morgan fingerprint density at radius 2 is 1.70 bits per heavy atom. The predicted octanol–water partition coefficient (Wildman–Crippen LogP) is 2.26. The van der Waals surface area contributed by atoms with Gasteiger partial charge in [0.25, 0.3) is 0 Å². The molecule has 0 spiro atoms. The van der Waals surface area contributed by atoms with Crippen LogP contribution in [-0.4, -0.2) is 28.4 Å². The number of halogens is 1. The first-order valence-electron chi connectivity index (χ1n) is 6.68. The van der Waals surface area contributed by atoms with Crippen molar-refractivity contribution in [1.82, 2.24) is 4.98 Å². The highest BCUT2D eigenvalue weighted by molar-refractivity contribution is 6.61. The molecule has 0 aliphatic carbocycles. The fourth-order valence-corrected chi connectivity index (χ4v) is 2.35. The van der Waals surface area contributed by atoms with Crippen LogP contribution in [-0.2, 0) is 14.9 Å². The Bertz CT molecular complexity index is 510. The second-order valence-electron chi connectivity index (χ2n) is 6.74. The Balaban J connectivity index is 2.37. The van der Waals surface area contributed by atoms with Crippen molar-refractivity contribution in [3.63, 3.8) is 0 Å². The van der Waals surface area contributed by atoms with E-state index in [1.807, 2.05) is 27.7 Å². The van der Waals surface area contributed by atoms with E-state index < -0.39 is 23.9 Å². The summed E-state index contributed by atoms with van der Waals surface area (Å²) in [5.74, 6) is 0. The van der Waals surface area contributed by atoms with Gasteiger partial charge in [-0.25, -0.2) is 0 Å². The number of hydrogen-bond acceptors (Lipinski definition) is 4. The molecule has 0 unspecified atom stereocenters. The minimum atomic E-state index is -1.04. The lowest BCUT2D eigenvalue weighted by atomic mass is 9.82. The zero-order valence-corrected chi connectivity index (χ0v) is 13.6. The topological polar surface area (TPSA) is 51.6 Å². The number of aliphatic hydroxyl groups is 1. The van der Waals surface area contributed by atoms with E-state index in [9.17, 15) is 5.11 Å². The molecule has 2 heterocycles. The van der Waals surface area contributed by atoms with E-state index in [1.54, 1.807) is 19.9 Å². The maximum atomic E-state index is 10.1. The van der Waals surface area contributed by atoms with Crippen LogP contribution in [0, 0.1) is 0 Å². The largest absolute Gasteiger partial charge is 0.514 e. The zero-order valence-electron chi connectivity index (χ0n) is 12.8. The molecule has 110 valence electrons. The number of hydrogen-bond donors (Lipinski definition) is 1. The molecular formula is C14H21BClNO3. The van der Waals surface area contributed by atoms with E-state index >= 15 is 0 Å². The summed E-state index contributed by atoms with van der Waals surface area (Å²) in [5, 5.41) is 10.6. The van der Waals surface area contributed by atoms with Crippen LogP contribution in [0.5, 0.6) is 0 Å². The molecule has 20 heavy (non-hydrogen) atoms. The maximum Gasteiger partial charge on any atom is 0.514 e. The minimum absolute atomic E-state index is 0.423. The summed E-state index contributed by atoms with van der Waals surface area (Å²) in [6, 6.07) is 1.74. The molecule has 1 aromatic heterocycles. The molecule has 0 aromatic carbocycles. The van der Waals surface area contributed by atoms with Crippen LogP contribution in [0.2, 0.25) is 5.02 Å². The summed E-state index contributed by atoms with van der Waals surface area (Å²) in [5.41, 5.74) is -0.663. The van der Waals surface area contributed by atoms with Gasteiger partial charge in [-0.1, -0.05) is 11.6 Å². The summed E-state index contributed by atoms with van der Waals surface area (Å²) >= 11 is 6.10. The average molecular weight is 298 g/mol. The summed E-state index contributed by atoms with van der Waals surface area (Å²) in [6.07, 6.45) is 1.52. The molecule has 1 aromatic rings. The van der Waals surface area contributed by atoms with Crippen LogP contribution in [0.1, 0.15) is 47.1 Å². The maximum absolute atomic E-state index is 10.1. The van der Waals surface area contributed by atoms with Gasteiger partial charge in [0, 0.05) is 11.8 Å². The minimum Gasteiger partial charge on any atom is -0.398 e. The third-order valence-corrected chi connectivity index (χ3v) is 4.33. The van der Waals surface area contributed by atoms with Gasteiger partial charge in [0.15, 0.2) is 0 Å². The summed E-state index contributed by atoms with van der Waals surface area (Å²) in [4.78, 5) is 4.27. The van der Waals surface area contributed by atoms with Crippen LogP contribution >= 0.6 is 11.6 Å². The summed E-state index contributed by atoms with van der Waals surface area (Å²) in [6.45, 7) is 11.3. The number of aromatic nitrogens is 1. The van der Waals surface area contributed by atoms with Crippen LogP contribution in [0.15, 0.2) is 12.3 Å². The average Bonchev–Trinajstić information content (AvgIpc) is 2.47. The van der Waals surface area contributed by atoms with Gasteiger partial charge in [-0.2, -0.15) is 0 Å². The lowest BCUT2D eigenvalue weighted by Gasteiger charge is -2.32. The van der Waals surface area contributed by atoms with Crippen molar-refractivity contribution in [1.29, 1.82) is 0 Å². The van der Waals surface area contributed by atoms with Gasteiger partial charge in [-0.3, -0.25) is 4.98 Å². The molecular weight excluding hydrogens is 276 g/mol. The Hall–Kier alpha value is -0.615. The Labute approximate surface area is 125 Å². The number of nitrogens with zero attached hydrogens (tertiary/aromatic N) is 1. The molecule has 1 aliphatic rings. The molecule has 6 heteroatoms. The molecule has 0 amide bonds. The molecule has 1 fully saturated rings. The Kier molecular flexibility index (Phi) is 3.71. The quantitative estimate of drug-likeness (QED) is 0.851. The van der Waals surface area contributed by atoms with E-state index in [1.165, 1.54) is 6.20 Å². The standard InChI is InChI=1S/C14H21BClNO3/c1-12(2,18)9-7-11(17-8-10(9)16)15-19-13(3,4)14(5,6)20-15/h7-8,18H,1-6H3. The molecule has 1 N–H and O–H groups in total. The van der Waals surface area contributed by atoms with Crippen LogP contribution in [0.25, 0.3) is 0 Å². The Morgan fingerprint density at radius 3 is 2.15 bits per heavy atom. The van der Waals surface area contributed by atoms with Gasteiger partial charge in [-0.15, -0.1) is 0 Å². The van der Waals surface area contributed by atoms with Crippen molar-refractivity contribution in [2.24, 2.45) is 0 Å². The number of rotatable bonds is 2. The fraction of sp³-hybridized carbons (Fsp3) is 0.643. The lowest BCUT2D eigenvalue weighted by Crippen LogP contribution is -2.41.